The number of hydrogen-bond donors (Lipinski definition) is 0. The van der Waals surface area contributed by atoms with E-state index in [-0.39, 0.29) is 18.3 Å². The van der Waals surface area contributed by atoms with Crippen LogP contribution in [0.15, 0.2) is 0 Å². The molecule has 0 aromatic rings. The number of ether oxygens (including phenoxy) is 6. The Morgan fingerprint density at radius 2 is 1.30 bits per heavy atom. The van der Waals surface area contributed by atoms with Crippen molar-refractivity contribution in [2.45, 2.75) is 37.3 Å². The molecule has 0 spiro atoms. The zero-order chi connectivity index (χ0) is 13.8. The molecule has 0 aliphatic carbocycles. The van der Waals surface area contributed by atoms with Gasteiger partial charge in [-0.3, -0.25) is 0 Å². The molecule has 3 unspecified atom stereocenters. The Balaban J connectivity index is 1.43. The van der Waals surface area contributed by atoms with Crippen molar-refractivity contribution in [2.75, 3.05) is 52.9 Å². The first-order valence-electron chi connectivity index (χ1n) is 7.44. The summed E-state index contributed by atoms with van der Waals surface area (Å²) in [4.78, 5) is 0. The van der Waals surface area contributed by atoms with Crippen LogP contribution in [-0.2, 0) is 28.4 Å². The Kier molecular flexibility index (Phi) is 4.91. The van der Waals surface area contributed by atoms with Crippen molar-refractivity contribution in [3.8, 4) is 0 Å². The maximum Gasteiger partial charge on any atom is 0.114 e. The van der Waals surface area contributed by atoms with Crippen molar-refractivity contribution in [1.29, 1.82) is 0 Å². The third kappa shape index (κ3) is 4.95. The van der Waals surface area contributed by atoms with Gasteiger partial charge in [0.15, 0.2) is 0 Å². The largest absolute Gasteiger partial charge is 0.376 e. The molecule has 20 heavy (non-hydrogen) atoms. The Labute approximate surface area is 119 Å². The molecule has 0 aromatic heterocycles. The van der Waals surface area contributed by atoms with Crippen LogP contribution in [0.4, 0.5) is 0 Å². The van der Waals surface area contributed by atoms with Gasteiger partial charge in [0.25, 0.3) is 0 Å². The average molecular weight is 288 g/mol. The molecule has 3 saturated heterocycles. The standard InChI is InChI=1S/C14H24O6/c1-2-14(20-8-13-7-19-13,9-15-3-11-5-17-11)10-16-4-12-6-18-12/h11-13H,2-10H2,1H3. The van der Waals surface area contributed by atoms with Crippen molar-refractivity contribution in [3.05, 3.63) is 0 Å². The highest BCUT2D eigenvalue weighted by molar-refractivity contribution is 4.83. The number of hydrogen-bond acceptors (Lipinski definition) is 6. The van der Waals surface area contributed by atoms with E-state index in [2.05, 4.69) is 6.92 Å². The Morgan fingerprint density at radius 1 is 0.850 bits per heavy atom. The van der Waals surface area contributed by atoms with E-state index in [9.17, 15) is 0 Å². The lowest BCUT2D eigenvalue weighted by Crippen LogP contribution is -2.44. The van der Waals surface area contributed by atoms with E-state index in [1.165, 1.54) is 0 Å². The average Bonchev–Trinajstić information content (AvgIpc) is 3.25. The lowest BCUT2D eigenvalue weighted by molar-refractivity contribution is -0.142. The fourth-order valence-corrected chi connectivity index (χ4v) is 1.95. The van der Waals surface area contributed by atoms with E-state index < -0.39 is 5.60 Å². The van der Waals surface area contributed by atoms with Crippen molar-refractivity contribution >= 4 is 0 Å². The second kappa shape index (κ2) is 6.68. The SMILES string of the molecule is CCC(COCC1CO1)(COCC1CO1)OCC1CO1. The van der Waals surface area contributed by atoms with Crippen LogP contribution < -0.4 is 0 Å². The van der Waals surface area contributed by atoms with Gasteiger partial charge in [0, 0.05) is 0 Å². The van der Waals surface area contributed by atoms with Gasteiger partial charge in [0.2, 0.25) is 0 Å². The van der Waals surface area contributed by atoms with Gasteiger partial charge in [0.1, 0.15) is 23.9 Å². The maximum atomic E-state index is 6.05. The fourth-order valence-electron chi connectivity index (χ4n) is 1.95. The fraction of sp³-hybridized carbons (Fsp3) is 1.00. The van der Waals surface area contributed by atoms with Crippen molar-refractivity contribution in [1.82, 2.24) is 0 Å². The molecule has 3 heterocycles. The summed E-state index contributed by atoms with van der Waals surface area (Å²) < 4.78 is 33.0. The molecule has 116 valence electrons. The third-order valence-electron chi connectivity index (χ3n) is 3.76. The smallest absolute Gasteiger partial charge is 0.114 e. The lowest BCUT2D eigenvalue weighted by atomic mass is 10.0. The predicted molar refractivity (Wildman–Crippen MR) is 69.8 cm³/mol. The summed E-state index contributed by atoms with van der Waals surface area (Å²) >= 11 is 0. The Bertz CT molecular complexity index is 280. The second-order valence-corrected chi connectivity index (χ2v) is 5.74. The zero-order valence-corrected chi connectivity index (χ0v) is 12.0. The molecule has 3 fully saturated rings. The van der Waals surface area contributed by atoms with Crippen LogP contribution in [0.25, 0.3) is 0 Å². The van der Waals surface area contributed by atoms with Crippen LogP contribution in [0.3, 0.4) is 0 Å². The van der Waals surface area contributed by atoms with Gasteiger partial charge in [-0.1, -0.05) is 6.92 Å². The van der Waals surface area contributed by atoms with Gasteiger partial charge in [-0.2, -0.15) is 0 Å². The van der Waals surface area contributed by atoms with Crippen LogP contribution >= 0.6 is 0 Å². The highest BCUT2D eigenvalue weighted by Gasteiger charge is 2.35. The molecule has 0 radical (unpaired) electrons. The monoisotopic (exact) mass is 288 g/mol. The molecule has 0 bridgehead atoms. The van der Waals surface area contributed by atoms with E-state index in [1.807, 2.05) is 0 Å². The van der Waals surface area contributed by atoms with Gasteiger partial charge in [-0.25, -0.2) is 0 Å². The summed E-state index contributed by atoms with van der Waals surface area (Å²) in [5.74, 6) is 0. The maximum absolute atomic E-state index is 6.05. The molecule has 0 saturated carbocycles. The molecule has 0 N–H and O–H groups in total. The second-order valence-electron chi connectivity index (χ2n) is 5.74. The van der Waals surface area contributed by atoms with E-state index >= 15 is 0 Å². The van der Waals surface area contributed by atoms with Gasteiger partial charge in [-0.15, -0.1) is 0 Å². The van der Waals surface area contributed by atoms with Gasteiger partial charge in [0.05, 0.1) is 52.9 Å². The summed E-state index contributed by atoms with van der Waals surface area (Å²) in [6, 6.07) is 0. The number of epoxide rings is 3. The quantitative estimate of drug-likeness (QED) is 0.484. The van der Waals surface area contributed by atoms with Crippen LogP contribution in [0.2, 0.25) is 0 Å². The first-order chi connectivity index (χ1) is 9.80. The molecule has 6 heteroatoms. The van der Waals surface area contributed by atoms with Gasteiger partial charge in [-0.05, 0) is 6.42 Å². The summed E-state index contributed by atoms with van der Waals surface area (Å²) in [6.45, 7) is 7.46. The van der Waals surface area contributed by atoms with Crippen LogP contribution in [0.1, 0.15) is 13.3 Å². The third-order valence-corrected chi connectivity index (χ3v) is 3.76. The van der Waals surface area contributed by atoms with Gasteiger partial charge < -0.3 is 28.4 Å². The lowest BCUT2D eigenvalue weighted by Gasteiger charge is -2.32. The molecule has 0 amide bonds. The van der Waals surface area contributed by atoms with Gasteiger partial charge >= 0.3 is 0 Å². The molecule has 0 aromatic carbocycles. The molecule has 3 atom stereocenters. The molecular formula is C14H24O6. The minimum absolute atomic E-state index is 0.249. The predicted octanol–water partition coefficient (Wildman–Crippen LogP) is 0.381. The summed E-state index contributed by atoms with van der Waals surface area (Å²) in [5, 5.41) is 0. The Hall–Kier alpha value is -0.240. The summed E-state index contributed by atoms with van der Waals surface area (Å²) in [7, 11) is 0. The first kappa shape index (κ1) is 14.7. The highest BCUT2D eigenvalue weighted by Crippen LogP contribution is 2.23. The van der Waals surface area contributed by atoms with Crippen LogP contribution in [0, 0.1) is 0 Å². The van der Waals surface area contributed by atoms with Crippen LogP contribution in [0.5, 0.6) is 0 Å². The molecule has 3 aliphatic heterocycles. The van der Waals surface area contributed by atoms with E-state index in [4.69, 9.17) is 28.4 Å². The van der Waals surface area contributed by atoms with E-state index in [0.717, 1.165) is 26.2 Å². The summed E-state index contributed by atoms with van der Waals surface area (Å²) in [6.07, 6.45) is 1.64. The van der Waals surface area contributed by atoms with E-state index in [0.29, 0.717) is 33.0 Å². The minimum atomic E-state index is -0.393. The summed E-state index contributed by atoms with van der Waals surface area (Å²) in [5.41, 5.74) is -0.393. The molecule has 6 nitrogen and oxygen atoms in total. The van der Waals surface area contributed by atoms with E-state index in [1.54, 1.807) is 0 Å². The van der Waals surface area contributed by atoms with Crippen LogP contribution in [-0.4, -0.2) is 76.8 Å². The zero-order valence-electron chi connectivity index (χ0n) is 12.0. The minimum Gasteiger partial charge on any atom is -0.376 e. The van der Waals surface area contributed by atoms with Crippen molar-refractivity contribution in [2.24, 2.45) is 0 Å². The molecule has 3 rings (SSSR count). The Morgan fingerprint density at radius 3 is 1.70 bits per heavy atom. The number of rotatable bonds is 12. The highest BCUT2D eigenvalue weighted by atomic mass is 16.6. The molecular weight excluding hydrogens is 264 g/mol. The van der Waals surface area contributed by atoms with Crippen molar-refractivity contribution < 1.29 is 28.4 Å². The topological polar surface area (TPSA) is 65.3 Å². The molecule has 3 aliphatic rings. The normalized spacial score (nSPS) is 33.8. The van der Waals surface area contributed by atoms with Crippen molar-refractivity contribution in [3.63, 3.8) is 0 Å². The first-order valence-corrected chi connectivity index (χ1v) is 7.44.